The second kappa shape index (κ2) is 5.94. The first-order valence-electron chi connectivity index (χ1n) is 6.70. The van der Waals surface area contributed by atoms with Crippen molar-refractivity contribution in [2.75, 3.05) is 6.61 Å². The molecule has 2 rings (SSSR count). The Balaban J connectivity index is 2.09. The molecule has 0 saturated heterocycles. The number of carbonyl (C=O) groups is 1. The molecule has 0 radical (unpaired) electrons. The van der Waals surface area contributed by atoms with Crippen molar-refractivity contribution in [2.24, 2.45) is 0 Å². The number of rotatable bonds is 6. The van der Waals surface area contributed by atoms with Gasteiger partial charge < -0.3 is 9.26 Å². The van der Waals surface area contributed by atoms with Gasteiger partial charge in [0.15, 0.2) is 5.82 Å². The molecule has 1 heterocycles. The highest BCUT2D eigenvalue weighted by molar-refractivity contribution is 7.99. The van der Waals surface area contributed by atoms with Gasteiger partial charge in [0.05, 0.1) is 12.4 Å². The Morgan fingerprint density at radius 1 is 1.53 bits per heavy atom. The molecule has 1 aromatic heterocycles. The summed E-state index contributed by atoms with van der Waals surface area (Å²) in [6.07, 6.45) is 2.48. The van der Waals surface area contributed by atoms with Gasteiger partial charge in [-0.2, -0.15) is 16.7 Å². The average Bonchev–Trinajstić information content (AvgIpc) is 2.74. The van der Waals surface area contributed by atoms with E-state index in [4.69, 9.17) is 9.26 Å². The van der Waals surface area contributed by atoms with Crippen LogP contribution in [0.25, 0.3) is 0 Å². The van der Waals surface area contributed by atoms with Gasteiger partial charge in [-0.25, -0.2) is 0 Å². The third-order valence-electron chi connectivity index (χ3n) is 3.30. The SMILES string of the molecule is CCOC(=O)C1(c2nc(CSC(C)C)no2)CCC1. The van der Waals surface area contributed by atoms with Gasteiger partial charge in [-0.3, -0.25) is 4.79 Å². The normalized spacial score (nSPS) is 17.3. The van der Waals surface area contributed by atoms with Crippen LogP contribution < -0.4 is 0 Å². The van der Waals surface area contributed by atoms with E-state index in [1.54, 1.807) is 11.8 Å². The van der Waals surface area contributed by atoms with E-state index in [-0.39, 0.29) is 5.97 Å². The van der Waals surface area contributed by atoms with Crippen molar-refractivity contribution in [3.63, 3.8) is 0 Å². The predicted molar refractivity (Wildman–Crippen MR) is 72.9 cm³/mol. The van der Waals surface area contributed by atoms with E-state index in [2.05, 4.69) is 24.0 Å². The molecule has 5 nitrogen and oxygen atoms in total. The van der Waals surface area contributed by atoms with Gasteiger partial charge in [0.1, 0.15) is 5.41 Å². The molecule has 1 aliphatic carbocycles. The summed E-state index contributed by atoms with van der Waals surface area (Å²) < 4.78 is 10.4. The van der Waals surface area contributed by atoms with Crippen LogP contribution in [0.3, 0.4) is 0 Å². The molecule has 0 bridgehead atoms. The van der Waals surface area contributed by atoms with Crippen LogP contribution in [-0.4, -0.2) is 28.0 Å². The molecule has 19 heavy (non-hydrogen) atoms. The maximum atomic E-state index is 12.1. The Bertz CT molecular complexity index is 441. The summed E-state index contributed by atoms with van der Waals surface area (Å²) in [7, 11) is 0. The Morgan fingerprint density at radius 2 is 2.26 bits per heavy atom. The molecular weight excluding hydrogens is 264 g/mol. The van der Waals surface area contributed by atoms with Crippen molar-refractivity contribution < 1.29 is 14.1 Å². The Morgan fingerprint density at radius 3 is 2.79 bits per heavy atom. The first-order valence-corrected chi connectivity index (χ1v) is 7.75. The molecule has 1 aromatic rings. The minimum atomic E-state index is -0.677. The fourth-order valence-corrected chi connectivity index (χ4v) is 2.65. The highest BCUT2D eigenvalue weighted by atomic mass is 32.2. The summed E-state index contributed by atoms with van der Waals surface area (Å²) in [6, 6.07) is 0. The molecule has 106 valence electrons. The fourth-order valence-electron chi connectivity index (χ4n) is 2.05. The van der Waals surface area contributed by atoms with E-state index in [9.17, 15) is 4.79 Å². The molecule has 0 N–H and O–H groups in total. The average molecular weight is 284 g/mol. The van der Waals surface area contributed by atoms with Gasteiger partial charge in [-0.05, 0) is 25.0 Å². The number of hydrogen-bond acceptors (Lipinski definition) is 6. The van der Waals surface area contributed by atoms with Crippen molar-refractivity contribution in [1.82, 2.24) is 10.1 Å². The second-order valence-corrected chi connectivity index (χ2v) is 6.60. The third kappa shape index (κ3) is 2.94. The van der Waals surface area contributed by atoms with Crippen LogP contribution in [0.5, 0.6) is 0 Å². The standard InChI is InChI=1S/C13H20N2O3S/c1-4-17-12(16)13(6-5-7-13)11-14-10(15-18-11)8-19-9(2)3/h9H,4-8H2,1-3H3. The first kappa shape index (κ1) is 14.4. The smallest absolute Gasteiger partial charge is 0.321 e. The maximum Gasteiger partial charge on any atom is 0.321 e. The van der Waals surface area contributed by atoms with Crippen LogP contribution >= 0.6 is 11.8 Å². The van der Waals surface area contributed by atoms with E-state index in [0.29, 0.717) is 29.3 Å². The van der Waals surface area contributed by atoms with Crippen LogP contribution in [-0.2, 0) is 20.7 Å². The minimum Gasteiger partial charge on any atom is -0.465 e. The largest absolute Gasteiger partial charge is 0.465 e. The molecule has 0 spiro atoms. The van der Waals surface area contributed by atoms with Crippen molar-refractivity contribution >= 4 is 17.7 Å². The number of nitrogens with zero attached hydrogens (tertiary/aromatic N) is 2. The van der Waals surface area contributed by atoms with Gasteiger partial charge in [0.2, 0.25) is 5.89 Å². The van der Waals surface area contributed by atoms with E-state index >= 15 is 0 Å². The Labute approximate surface area is 117 Å². The highest BCUT2D eigenvalue weighted by Crippen LogP contribution is 2.44. The number of aromatic nitrogens is 2. The number of thioether (sulfide) groups is 1. The van der Waals surface area contributed by atoms with Gasteiger partial charge in [0, 0.05) is 0 Å². The lowest BCUT2D eigenvalue weighted by Gasteiger charge is -2.35. The second-order valence-electron chi connectivity index (χ2n) is 5.03. The lowest BCUT2D eigenvalue weighted by atomic mass is 9.68. The summed E-state index contributed by atoms with van der Waals surface area (Å²) in [5.41, 5.74) is -0.677. The van der Waals surface area contributed by atoms with Crippen molar-refractivity contribution in [3.05, 3.63) is 11.7 Å². The number of esters is 1. The summed E-state index contributed by atoms with van der Waals surface area (Å²) in [5.74, 6) is 1.56. The minimum absolute atomic E-state index is 0.229. The summed E-state index contributed by atoms with van der Waals surface area (Å²) in [5, 5.41) is 4.48. The molecule has 1 saturated carbocycles. The zero-order valence-corrected chi connectivity index (χ0v) is 12.5. The molecule has 6 heteroatoms. The molecule has 0 aromatic carbocycles. The van der Waals surface area contributed by atoms with E-state index in [1.165, 1.54) is 0 Å². The van der Waals surface area contributed by atoms with Crippen molar-refractivity contribution in [2.45, 2.75) is 56.5 Å². The van der Waals surface area contributed by atoms with Crippen LogP contribution in [0.1, 0.15) is 51.7 Å². The Hall–Kier alpha value is -1.04. The zero-order valence-electron chi connectivity index (χ0n) is 11.6. The van der Waals surface area contributed by atoms with Crippen LogP contribution in [0.15, 0.2) is 4.52 Å². The zero-order chi connectivity index (χ0) is 13.9. The molecule has 0 unspecified atom stereocenters. The highest BCUT2D eigenvalue weighted by Gasteiger charge is 2.51. The van der Waals surface area contributed by atoms with Gasteiger partial charge in [-0.1, -0.05) is 25.4 Å². The third-order valence-corrected chi connectivity index (χ3v) is 4.39. The van der Waals surface area contributed by atoms with Gasteiger partial charge in [-0.15, -0.1) is 0 Å². The van der Waals surface area contributed by atoms with Crippen molar-refractivity contribution in [3.8, 4) is 0 Å². The predicted octanol–water partition coefficient (Wildman–Crippen LogP) is 2.70. The number of ether oxygens (including phenoxy) is 1. The lowest BCUT2D eigenvalue weighted by Crippen LogP contribution is -2.44. The molecular formula is C13H20N2O3S. The first-order chi connectivity index (χ1) is 9.08. The molecule has 0 aliphatic heterocycles. The Kier molecular flexibility index (Phi) is 4.50. The fraction of sp³-hybridized carbons (Fsp3) is 0.769. The monoisotopic (exact) mass is 284 g/mol. The molecule has 0 atom stereocenters. The van der Waals surface area contributed by atoms with Crippen molar-refractivity contribution in [1.29, 1.82) is 0 Å². The van der Waals surface area contributed by atoms with Crippen LogP contribution in [0, 0.1) is 0 Å². The quantitative estimate of drug-likeness (QED) is 0.748. The topological polar surface area (TPSA) is 65.2 Å². The van der Waals surface area contributed by atoms with E-state index < -0.39 is 5.41 Å². The summed E-state index contributed by atoms with van der Waals surface area (Å²) in [6.45, 7) is 6.43. The number of hydrogen-bond donors (Lipinski definition) is 0. The van der Waals surface area contributed by atoms with Gasteiger partial charge >= 0.3 is 5.97 Å². The van der Waals surface area contributed by atoms with Crippen LogP contribution in [0.2, 0.25) is 0 Å². The van der Waals surface area contributed by atoms with Gasteiger partial charge in [0.25, 0.3) is 0 Å². The summed E-state index contributed by atoms with van der Waals surface area (Å²) in [4.78, 5) is 16.4. The summed E-state index contributed by atoms with van der Waals surface area (Å²) >= 11 is 1.75. The molecule has 1 aliphatic rings. The molecule has 0 amide bonds. The lowest BCUT2D eigenvalue weighted by molar-refractivity contribution is -0.155. The van der Waals surface area contributed by atoms with E-state index in [1.807, 2.05) is 6.92 Å². The van der Waals surface area contributed by atoms with Crippen LogP contribution in [0.4, 0.5) is 0 Å². The maximum absolute atomic E-state index is 12.1. The van der Waals surface area contributed by atoms with E-state index in [0.717, 1.165) is 19.3 Å². The number of carbonyl (C=O) groups excluding carboxylic acids is 1. The molecule has 1 fully saturated rings.